The van der Waals surface area contributed by atoms with Crippen LogP contribution in [0.1, 0.15) is 4.88 Å². The van der Waals surface area contributed by atoms with Gasteiger partial charge in [-0.3, -0.25) is 15.3 Å². The van der Waals surface area contributed by atoms with Crippen LogP contribution in [0.2, 0.25) is 0 Å². The molecule has 0 atom stereocenters. The van der Waals surface area contributed by atoms with E-state index in [1.165, 1.54) is 4.88 Å². The Hall–Kier alpha value is -1.56. The van der Waals surface area contributed by atoms with E-state index in [0.717, 1.165) is 6.54 Å². The van der Waals surface area contributed by atoms with Crippen molar-refractivity contribution in [2.75, 3.05) is 14.1 Å². The van der Waals surface area contributed by atoms with Crippen molar-refractivity contribution in [3.63, 3.8) is 0 Å². The van der Waals surface area contributed by atoms with Crippen molar-refractivity contribution >= 4 is 23.3 Å². The number of aliphatic imine (C=N–C) groups is 2. The van der Waals surface area contributed by atoms with E-state index in [1.54, 1.807) is 25.4 Å². The molecule has 1 heterocycles. The van der Waals surface area contributed by atoms with E-state index in [9.17, 15) is 0 Å². The molecule has 0 aliphatic rings. The van der Waals surface area contributed by atoms with Gasteiger partial charge < -0.3 is 11.1 Å². The molecule has 0 aliphatic heterocycles. The molecular formula is C9H15N5S. The SMILES string of the molecule is CN=C(N)NC(=NC)NCc1cccs1. The Balaban J connectivity index is 2.42. The van der Waals surface area contributed by atoms with E-state index in [1.807, 2.05) is 11.4 Å². The lowest BCUT2D eigenvalue weighted by Gasteiger charge is -2.09. The van der Waals surface area contributed by atoms with Gasteiger partial charge in [-0.25, -0.2) is 0 Å². The number of nitrogens with zero attached hydrogens (tertiary/aromatic N) is 2. The Morgan fingerprint density at radius 2 is 2.27 bits per heavy atom. The second-order valence-corrected chi connectivity index (χ2v) is 3.77. The lowest BCUT2D eigenvalue weighted by atomic mass is 10.5. The molecule has 6 heteroatoms. The summed E-state index contributed by atoms with van der Waals surface area (Å²) in [7, 11) is 3.31. The van der Waals surface area contributed by atoms with Crippen LogP contribution in [0.15, 0.2) is 27.5 Å². The Morgan fingerprint density at radius 3 is 2.80 bits per heavy atom. The van der Waals surface area contributed by atoms with Gasteiger partial charge in [0.1, 0.15) is 0 Å². The molecule has 0 fully saturated rings. The molecule has 82 valence electrons. The first-order chi connectivity index (χ1) is 7.26. The van der Waals surface area contributed by atoms with Crippen LogP contribution < -0.4 is 16.4 Å². The molecule has 1 aromatic rings. The summed E-state index contributed by atoms with van der Waals surface area (Å²) < 4.78 is 0. The predicted octanol–water partition coefficient (Wildman–Crippen LogP) is 0.358. The topological polar surface area (TPSA) is 74.8 Å². The third-order valence-corrected chi connectivity index (χ3v) is 2.60. The molecule has 0 aromatic carbocycles. The van der Waals surface area contributed by atoms with Gasteiger partial charge in [0.2, 0.25) is 0 Å². The summed E-state index contributed by atoms with van der Waals surface area (Å²) in [5.41, 5.74) is 5.52. The zero-order valence-corrected chi connectivity index (χ0v) is 9.64. The van der Waals surface area contributed by atoms with Gasteiger partial charge in [0.05, 0.1) is 6.54 Å². The van der Waals surface area contributed by atoms with Crippen molar-refractivity contribution in [1.82, 2.24) is 10.6 Å². The first kappa shape index (κ1) is 11.5. The van der Waals surface area contributed by atoms with Crippen LogP contribution in [0.25, 0.3) is 0 Å². The summed E-state index contributed by atoms with van der Waals surface area (Å²) in [4.78, 5) is 9.04. The van der Waals surface area contributed by atoms with Crippen molar-refractivity contribution in [2.45, 2.75) is 6.54 Å². The third-order valence-electron chi connectivity index (χ3n) is 1.72. The first-order valence-corrected chi connectivity index (χ1v) is 5.36. The number of thiophene rings is 1. The maximum atomic E-state index is 5.52. The summed E-state index contributed by atoms with van der Waals surface area (Å²) in [6, 6.07) is 4.07. The first-order valence-electron chi connectivity index (χ1n) is 4.48. The second kappa shape index (κ2) is 6.02. The highest BCUT2D eigenvalue weighted by molar-refractivity contribution is 7.09. The van der Waals surface area contributed by atoms with Gasteiger partial charge in [0, 0.05) is 19.0 Å². The Kier molecular flexibility index (Phi) is 4.62. The molecule has 0 spiro atoms. The molecule has 0 bridgehead atoms. The van der Waals surface area contributed by atoms with Gasteiger partial charge in [-0.2, -0.15) is 0 Å². The number of rotatable bonds is 2. The maximum absolute atomic E-state index is 5.52. The molecule has 0 amide bonds. The lowest BCUT2D eigenvalue weighted by Crippen LogP contribution is -2.44. The average molecular weight is 225 g/mol. The number of hydrogen-bond acceptors (Lipinski definition) is 3. The molecular weight excluding hydrogens is 210 g/mol. The normalized spacial score (nSPS) is 12.7. The fourth-order valence-electron chi connectivity index (χ4n) is 0.940. The minimum atomic E-state index is 0.342. The maximum Gasteiger partial charge on any atom is 0.198 e. The van der Waals surface area contributed by atoms with Crippen molar-refractivity contribution in [2.24, 2.45) is 15.7 Å². The second-order valence-electron chi connectivity index (χ2n) is 2.74. The average Bonchev–Trinajstić information content (AvgIpc) is 2.76. The van der Waals surface area contributed by atoms with Crippen LogP contribution in [0.3, 0.4) is 0 Å². The van der Waals surface area contributed by atoms with Gasteiger partial charge in [0.25, 0.3) is 0 Å². The standard InChI is InChI=1S/C9H15N5S/c1-11-8(10)14-9(12-2)13-6-7-4-3-5-15-7/h3-5H,6H2,1-2H3,(H4,10,11,12,13,14). The molecule has 15 heavy (non-hydrogen) atoms. The van der Waals surface area contributed by atoms with Crippen LogP contribution in [0.5, 0.6) is 0 Å². The van der Waals surface area contributed by atoms with E-state index in [0.29, 0.717) is 11.9 Å². The molecule has 0 saturated carbocycles. The fraction of sp³-hybridized carbons (Fsp3) is 0.333. The highest BCUT2D eigenvalue weighted by Crippen LogP contribution is 2.06. The van der Waals surface area contributed by atoms with Crippen molar-refractivity contribution in [3.05, 3.63) is 22.4 Å². The number of nitrogens with two attached hydrogens (primary N) is 1. The lowest BCUT2D eigenvalue weighted by molar-refractivity contribution is 0.898. The number of guanidine groups is 2. The Bertz CT molecular complexity index is 341. The summed E-state index contributed by atoms with van der Waals surface area (Å²) in [6.07, 6.45) is 0. The Labute approximate surface area is 93.1 Å². The van der Waals surface area contributed by atoms with Gasteiger partial charge in [-0.1, -0.05) is 6.07 Å². The fourth-order valence-corrected chi connectivity index (χ4v) is 1.58. The highest BCUT2D eigenvalue weighted by atomic mass is 32.1. The van der Waals surface area contributed by atoms with Crippen molar-refractivity contribution in [3.8, 4) is 0 Å². The van der Waals surface area contributed by atoms with Crippen molar-refractivity contribution in [1.29, 1.82) is 0 Å². The summed E-state index contributed by atoms with van der Waals surface area (Å²) >= 11 is 1.69. The van der Waals surface area contributed by atoms with Gasteiger partial charge >= 0.3 is 0 Å². The quantitative estimate of drug-likeness (QED) is 0.502. The zero-order valence-electron chi connectivity index (χ0n) is 8.82. The van der Waals surface area contributed by atoms with E-state index in [2.05, 4.69) is 26.7 Å². The van der Waals surface area contributed by atoms with Gasteiger partial charge in [-0.05, 0) is 11.4 Å². The summed E-state index contributed by atoms with van der Waals surface area (Å²) in [5, 5.41) is 8.01. The minimum Gasteiger partial charge on any atom is -0.370 e. The summed E-state index contributed by atoms with van der Waals surface area (Å²) in [5.74, 6) is 0.959. The highest BCUT2D eigenvalue weighted by Gasteiger charge is 1.99. The van der Waals surface area contributed by atoms with E-state index < -0.39 is 0 Å². The van der Waals surface area contributed by atoms with Crippen LogP contribution >= 0.6 is 11.3 Å². The summed E-state index contributed by atoms with van der Waals surface area (Å²) in [6.45, 7) is 0.730. The third kappa shape index (κ3) is 3.99. The molecule has 0 radical (unpaired) electrons. The predicted molar refractivity (Wildman–Crippen MR) is 65.2 cm³/mol. The van der Waals surface area contributed by atoms with E-state index in [4.69, 9.17) is 5.73 Å². The van der Waals surface area contributed by atoms with E-state index in [-0.39, 0.29) is 0 Å². The van der Waals surface area contributed by atoms with Gasteiger partial charge in [-0.15, -0.1) is 11.3 Å². The largest absolute Gasteiger partial charge is 0.370 e. The number of nitrogens with one attached hydrogen (secondary N) is 2. The minimum absolute atomic E-state index is 0.342. The number of hydrogen-bond donors (Lipinski definition) is 3. The molecule has 0 saturated heterocycles. The molecule has 4 N–H and O–H groups in total. The monoisotopic (exact) mass is 225 g/mol. The van der Waals surface area contributed by atoms with Crippen LogP contribution in [0, 0.1) is 0 Å². The van der Waals surface area contributed by atoms with Crippen LogP contribution in [0.4, 0.5) is 0 Å². The van der Waals surface area contributed by atoms with Gasteiger partial charge in [0.15, 0.2) is 11.9 Å². The molecule has 5 nitrogen and oxygen atoms in total. The van der Waals surface area contributed by atoms with Crippen LogP contribution in [-0.2, 0) is 6.54 Å². The van der Waals surface area contributed by atoms with Crippen molar-refractivity contribution < 1.29 is 0 Å². The zero-order chi connectivity index (χ0) is 11.1. The molecule has 1 rings (SSSR count). The van der Waals surface area contributed by atoms with Crippen LogP contribution in [-0.4, -0.2) is 26.0 Å². The smallest absolute Gasteiger partial charge is 0.198 e. The van der Waals surface area contributed by atoms with E-state index >= 15 is 0 Å². The molecule has 1 aromatic heterocycles. The molecule has 0 aliphatic carbocycles. The molecule has 0 unspecified atom stereocenters. The Morgan fingerprint density at radius 1 is 1.47 bits per heavy atom.